The molecule has 3 aromatic rings. The monoisotopic (exact) mass is 455 g/mol. The molecule has 0 saturated carbocycles. The predicted octanol–water partition coefficient (Wildman–Crippen LogP) is 2.76. The zero-order chi connectivity index (χ0) is 23.2. The summed E-state index contributed by atoms with van der Waals surface area (Å²) in [5, 5.41) is 0.869. The molecule has 9 heteroatoms. The molecule has 168 valence electrons. The van der Waals surface area contributed by atoms with Crippen molar-refractivity contribution in [1.82, 2.24) is 9.29 Å². The van der Waals surface area contributed by atoms with Gasteiger partial charge in [-0.2, -0.15) is 0 Å². The average Bonchev–Trinajstić information content (AvgIpc) is 2.75. The van der Waals surface area contributed by atoms with E-state index < -0.39 is 15.9 Å². The first kappa shape index (κ1) is 21.9. The second kappa shape index (κ2) is 7.98. The second-order valence-corrected chi connectivity index (χ2v) is 9.66. The van der Waals surface area contributed by atoms with Gasteiger partial charge in [-0.1, -0.05) is 6.07 Å². The van der Waals surface area contributed by atoms with Gasteiger partial charge >= 0.3 is 0 Å². The largest absolute Gasteiger partial charge is 0.497 e. The average molecular weight is 456 g/mol. The minimum Gasteiger partial charge on any atom is -0.497 e. The van der Waals surface area contributed by atoms with E-state index in [0.29, 0.717) is 17.9 Å². The molecular formula is C23H25N3O5S. The Labute approximate surface area is 186 Å². The number of amides is 1. The molecule has 0 aliphatic carbocycles. The van der Waals surface area contributed by atoms with Gasteiger partial charge in [0, 0.05) is 49.3 Å². The molecule has 1 amide bonds. The molecule has 4 rings (SSSR count). The maximum Gasteiger partial charge on any atom is 0.264 e. The Morgan fingerprint density at radius 1 is 1.12 bits per heavy atom. The number of nitrogens with one attached hydrogen (secondary N) is 1. The van der Waals surface area contributed by atoms with Crippen LogP contribution in [0.3, 0.4) is 0 Å². The van der Waals surface area contributed by atoms with E-state index in [1.54, 1.807) is 37.8 Å². The SMILES string of the molecule is COc1cc(N2CCCc3ccc(S(=O)(=O)NC(C)=O)cc32)c2cc(C)c(=O)n(C)c2c1. The Bertz CT molecular complexity index is 1410. The second-order valence-electron chi connectivity index (χ2n) is 7.98. The highest BCUT2D eigenvalue weighted by Gasteiger charge is 2.25. The Kier molecular flexibility index (Phi) is 5.46. The first-order valence-electron chi connectivity index (χ1n) is 10.2. The number of pyridine rings is 1. The summed E-state index contributed by atoms with van der Waals surface area (Å²) in [6.07, 6.45) is 1.69. The van der Waals surface area contributed by atoms with Gasteiger partial charge in [0.25, 0.3) is 15.6 Å². The molecule has 0 radical (unpaired) electrons. The van der Waals surface area contributed by atoms with Crippen LogP contribution < -0.4 is 19.9 Å². The number of aryl methyl sites for hydroxylation is 3. The summed E-state index contributed by atoms with van der Waals surface area (Å²) >= 11 is 0. The normalized spacial score (nSPS) is 13.7. The highest BCUT2D eigenvalue weighted by molar-refractivity contribution is 7.90. The van der Waals surface area contributed by atoms with E-state index >= 15 is 0 Å². The number of carbonyl (C=O) groups excluding carboxylic acids is 1. The Morgan fingerprint density at radius 3 is 2.56 bits per heavy atom. The van der Waals surface area contributed by atoms with Crippen LogP contribution in [0.1, 0.15) is 24.5 Å². The lowest BCUT2D eigenvalue weighted by Gasteiger charge is -2.33. The molecule has 0 atom stereocenters. The van der Waals surface area contributed by atoms with E-state index in [9.17, 15) is 18.0 Å². The minimum atomic E-state index is -3.97. The number of ether oxygens (including phenoxy) is 1. The van der Waals surface area contributed by atoms with Crippen molar-refractivity contribution in [2.24, 2.45) is 7.05 Å². The molecule has 1 aliphatic rings. The molecular weight excluding hydrogens is 430 g/mol. The van der Waals surface area contributed by atoms with Crippen molar-refractivity contribution in [1.29, 1.82) is 0 Å². The number of fused-ring (bicyclic) bond motifs is 2. The summed E-state index contributed by atoms with van der Waals surface area (Å²) in [5.74, 6) is -0.0461. The van der Waals surface area contributed by atoms with Crippen LogP contribution in [-0.4, -0.2) is 32.5 Å². The van der Waals surface area contributed by atoms with Crippen LogP contribution in [0, 0.1) is 6.92 Å². The standard InChI is InChI=1S/C23H25N3O5S/c1-14-10-19-21(25(3)23(14)28)11-17(31-4)12-22(19)26-9-5-6-16-7-8-18(13-20(16)26)32(29,30)24-15(2)27/h7-8,10-13H,5-6,9H2,1-4H3,(H,24,27). The van der Waals surface area contributed by atoms with Crippen LogP contribution in [-0.2, 0) is 28.3 Å². The van der Waals surface area contributed by atoms with Crippen LogP contribution in [0.15, 0.2) is 46.1 Å². The molecule has 0 unspecified atom stereocenters. The smallest absolute Gasteiger partial charge is 0.264 e. The molecule has 0 spiro atoms. The van der Waals surface area contributed by atoms with Gasteiger partial charge < -0.3 is 14.2 Å². The molecule has 0 fully saturated rings. The van der Waals surface area contributed by atoms with Gasteiger partial charge in [0.2, 0.25) is 5.91 Å². The van der Waals surface area contributed by atoms with Crippen molar-refractivity contribution in [2.45, 2.75) is 31.6 Å². The van der Waals surface area contributed by atoms with Crippen molar-refractivity contribution < 1.29 is 17.9 Å². The molecule has 0 bridgehead atoms. The van der Waals surface area contributed by atoms with Crippen molar-refractivity contribution >= 4 is 38.2 Å². The Morgan fingerprint density at radius 2 is 1.88 bits per heavy atom. The predicted molar refractivity (Wildman–Crippen MR) is 123 cm³/mol. The summed E-state index contributed by atoms with van der Waals surface area (Å²) in [7, 11) is -0.675. The number of sulfonamides is 1. The van der Waals surface area contributed by atoms with Crippen LogP contribution in [0.4, 0.5) is 11.4 Å². The Hall–Kier alpha value is -3.33. The lowest BCUT2D eigenvalue weighted by atomic mass is 9.99. The first-order chi connectivity index (χ1) is 15.1. The molecule has 2 aromatic carbocycles. The van der Waals surface area contributed by atoms with E-state index in [0.717, 1.165) is 47.6 Å². The molecule has 8 nitrogen and oxygen atoms in total. The number of carbonyl (C=O) groups is 1. The number of hydrogen-bond acceptors (Lipinski definition) is 6. The summed E-state index contributed by atoms with van der Waals surface area (Å²) in [6.45, 7) is 3.61. The van der Waals surface area contributed by atoms with Crippen LogP contribution >= 0.6 is 0 Å². The zero-order valence-corrected chi connectivity index (χ0v) is 19.2. The van der Waals surface area contributed by atoms with Crippen LogP contribution in [0.5, 0.6) is 5.75 Å². The molecule has 32 heavy (non-hydrogen) atoms. The molecule has 2 heterocycles. The number of benzene rings is 2. The van der Waals surface area contributed by atoms with Gasteiger partial charge in [-0.3, -0.25) is 9.59 Å². The fourth-order valence-electron chi connectivity index (χ4n) is 4.24. The van der Waals surface area contributed by atoms with Gasteiger partial charge in [-0.25, -0.2) is 13.1 Å². The number of rotatable bonds is 4. The third-order valence-electron chi connectivity index (χ3n) is 5.76. The minimum absolute atomic E-state index is 0.0223. The summed E-state index contributed by atoms with van der Waals surface area (Å²) < 4.78 is 34.3. The molecule has 1 aliphatic heterocycles. The van der Waals surface area contributed by atoms with Crippen molar-refractivity contribution in [3.05, 3.63) is 57.9 Å². The molecule has 0 saturated heterocycles. The van der Waals surface area contributed by atoms with Crippen LogP contribution in [0.25, 0.3) is 10.9 Å². The number of methoxy groups -OCH3 is 1. The third-order valence-corrected chi connectivity index (χ3v) is 7.20. The van der Waals surface area contributed by atoms with Crippen molar-refractivity contribution in [3.63, 3.8) is 0 Å². The number of aromatic nitrogens is 1. The van der Waals surface area contributed by atoms with Gasteiger partial charge in [0.15, 0.2) is 0 Å². The summed E-state index contributed by atoms with van der Waals surface area (Å²) in [6, 6.07) is 10.5. The number of nitrogens with zero attached hydrogens (tertiary/aromatic N) is 2. The lowest BCUT2D eigenvalue weighted by molar-refractivity contribution is -0.117. The quantitative estimate of drug-likeness (QED) is 0.650. The molecule has 1 N–H and O–H groups in total. The third kappa shape index (κ3) is 3.73. The fourth-order valence-corrected chi connectivity index (χ4v) is 5.25. The topological polar surface area (TPSA) is 97.7 Å². The van der Waals surface area contributed by atoms with Gasteiger partial charge in [0.05, 0.1) is 23.2 Å². The van der Waals surface area contributed by atoms with Crippen LogP contribution in [0.2, 0.25) is 0 Å². The van der Waals surface area contributed by atoms with Gasteiger partial charge in [-0.05, 0) is 43.5 Å². The summed E-state index contributed by atoms with van der Waals surface area (Å²) in [4.78, 5) is 26.0. The maximum atomic E-state index is 12.6. The highest BCUT2D eigenvalue weighted by Crippen LogP contribution is 2.40. The van der Waals surface area contributed by atoms with Crippen molar-refractivity contribution in [2.75, 3.05) is 18.6 Å². The van der Waals surface area contributed by atoms with E-state index in [1.165, 1.54) is 6.07 Å². The Balaban J connectivity index is 1.96. The lowest BCUT2D eigenvalue weighted by Crippen LogP contribution is -2.29. The first-order valence-corrected chi connectivity index (χ1v) is 11.7. The molecule has 1 aromatic heterocycles. The fraction of sp³-hybridized carbons (Fsp3) is 0.304. The van der Waals surface area contributed by atoms with Crippen molar-refractivity contribution in [3.8, 4) is 5.75 Å². The number of anilines is 2. The zero-order valence-electron chi connectivity index (χ0n) is 18.4. The maximum absolute atomic E-state index is 12.6. The summed E-state index contributed by atoms with van der Waals surface area (Å²) in [5.41, 5.74) is 3.85. The van der Waals surface area contributed by atoms with Gasteiger partial charge in [0.1, 0.15) is 5.75 Å². The van der Waals surface area contributed by atoms with Gasteiger partial charge in [-0.15, -0.1) is 0 Å². The van der Waals surface area contributed by atoms with E-state index in [2.05, 4.69) is 4.90 Å². The van der Waals surface area contributed by atoms with E-state index in [-0.39, 0.29) is 10.5 Å². The van der Waals surface area contributed by atoms with E-state index in [1.807, 2.05) is 22.9 Å². The highest BCUT2D eigenvalue weighted by atomic mass is 32.2. The van der Waals surface area contributed by atoms with E-state index in [4.69, 9.17) is 4.74 Å². The number of hydrogen-bond donors (Lipinski definition) is 1.